The molecule has 1 aromatic heterocycles. The van der Waals surface area contributed by atoms with Crippen LogP contribution < -0.4 is 11.4 Å². The molecule has 0 aliphatic rings. The molecule has 3 N–H and O–H groups in total. The van der Waals surface area contributed by atoms with E-state index in [-0.39, 0.29) is 5.69 Å². The van der Waals surface area contributed by atoms with E-state index in [4.69, 9.17) is 5.73 Å². The summed E-state index contributed by atoms with van der Waals surface area (Å²) in [5.74, 6) is -0.525. The maximum Gasteiger partial charge on any atom is 0.347 e. The minimum Gasteiger partial charge on any atom is -0.399 e. The Morgan fingerprint density at radius 3 is 2.93 bits per heavy atom. The van der Waals surface area contributed by atoms with Crippen LogP contribution in [-0.4, -0.2) is 14.8 Å². The van der Waals surface area contributed by atoms with E-state index in [1.165, 1.54) is 24.5 Å². The van der Waals surface area contributed by atoms with E-state index < -0.39 is 11.5 Å². The van der Waals surface area contributed by atoms with Crippen LogP contribution in [0.15, 0.2) is 29.3 Å². The van der Waals surface area contributed by atoms with Gasteiger partial charge in [-0.3, -0.25) is 0 Å². The van der Waals surface area contributed by atoms with Crippen molar-refractivity contribution in [2.75, 3.05) is 5.73 Å². The molecule has 0 radical (unpaired) electrons. The number of aromatic amines is 1. The first-order valence-corrected chi connectivity index (χ1v) is 3.86. The third-order valence-corrected chi connectivity index (χ3v) is 1.78. The molecule has 0 aliphatic carbocycles. The first-order chi connectivity index (χ1) is 6.68. The number of hydrogen-bond acceptors (Lipinski definition) is 3. The normalized spacial score (nSPS) is 10.4. The molecular formula is C8H7FN4O. The van der Waals surface area contributed by atoms with Gasteiger partial charge in [0.05, 0.1) is 5.69 Å². The van der Waals surface area contributed by atoms with Crippen molar-refractivity contribution in [3.05, 3.63) is 40.8 Å². The van der Waals surface area contributed by atoms with Crippen LogP contribution in [-0.2, 0) is 0 Å². The SMILES string of the molecule is Nc1ccc(F)c(-n2cn[nH]c2=O)c1. The summed E-state index contributed by atoms with van der Waals surface area (Å²) in [6.45, 7) is 0. The second-order valence-corrected chi connectivity index (χ2v) is 2.74. The van der Waals surface area contributed by atoms with Gasteiger partial charge in [-0.05, 0) is 18.2 Å². The van der Waals surface area contributed by atoms with E-state index in [0.29, 0.717) is 5.69 Å². The van der Waals surface area contributed by atoms with Gasteiger partial charge in [0.25, 0.3) is 0 Å². The van der Waals surface area contributed by atoms with Gasteiger partial charge in [0.2, 0.25) is 0 Å². The molecule has 1 aromatic carbocycles. The second kappa shape index (κ2) is 2.99. The van der Waals surface area contributed by atoms with Crippen LogP contribution >= 0.6 is 0 Å². The highest BCUT2D eigenvalue weighted by atomic mass is 19.1. The van der Waals surface area contributed by atoms with Gasteiger partial charge in [0.15, 0.2) is 0 Å². The maximum absolute atomic E-state index is 13.3. The monoisotopic (exact) mass is 194 g/mol. The van der Waals surface area contributed by atoms with E-state index >= 15 is 0 Å². The molecule has 72 valence electrons. The zero-order valence-corrected chi connectivity index (χ0v) is 7.07. The average molecular weight is 194 g/mol. The number of hydrogen-bond donors (Lipinski definition) is 2. The molecular weight excluding hydrogens is 187 g/mol. The molecule has 0 amide bonds. The number of benzene rings is 1. The molecule has 0 atom stereocenters. The summed E-state index contributed by atoms with van der Waals surface area (Å²) in [6, 6.07) is 3.99. The molecule has 1 heterocycles. The van der Waals surface area contributed by atoms with Crippen LogP contribution in [0.1, 0.15) is 0 Å². The van der Waals surface area contributed by atoms with Crippen molar-refractivity contribution in [1.29, 1.82) is 0 Å². The van der Waals surface area contributed by atoms with Crippen molar-refractivity contribution in [3.8, 4) is 5.69 Å². The Morgan fingerprint density at radius 2 is 2.29 bits per heavy atom. The predicted molar refractivity (Wildman–Crippen MR) is 48.6 cm³/mol. The number of anilines is 1. The fourth-order valence-electron chi connectivity index (χ4n) is 1.13. The van der Waals surface area contributed by atoms with E-state index in [1.54, 1.807) is 0 Å². The fourth-order valence-corrected chi connectivity index (χ4v) is 1.13. The summed E-state index contributed by atoms with van der Waals surface area (Å²) in [6.07, 6.45) is 1.19. The number of aromatic nitrogens is 3. The third kappa shape index (κ3) is 1.26. The van der Waals surface area contributed by atoms with Crippen molar-refractivity contribution in [2.24, 2.45) is 0 Å². The summed E-state index contributed by atoms with van der Waals surface area (Å²) >= 11 is 0. The number of rotatable bonds is 1. The van der Waals surface area contributed by atoms with Crippen molar-refractivity contribution < 1.29 is 4.39 Å². The average Bonchev–Trinajstić information content (AvgIpc) is 2.56. The largest absolute Gasteiger partial charge is 0.399 e. The van der Waals surface area contributed by atoms with Crippen molar-refractivity contribution >= 4 is 5.69 Å². The Kier molecular flexibility index (Phi) is 1.81. The van der Waals surface area contributed by atoms with Crippen LogP contribution in [0, 0.1) is 5.82 Å². The van der Waals surface area contributed by atoms with Gasteiger partial charge in [0.1, 0.15) is 12.1 Å². The molecule has 0 saturated carbocycles. The molecule has 0 fully saturated rings. The molecule has 5 nitrogen and oxygen atoms in total. The quantitative estimate of drug-likeness (QED) is 0.640. The summed E-state index contributed by atoms with van der Waals surface area (Å²) in [5, 5.41) is 5.65. The van der Waals surface area contributed by atoms with Crippen LogP contribution in [0.3, 0.4) is 0 Å². The van der Waals surface area contributed by atoms with Crippen molar-refractivity contribution in [3.63, 3.8) is 0 Å². The molecule has 0 saturated heterocycles. The van der Waals surface area contributed by atoms with Crippen LogP contribution in [0.5, 0.6) is 0 Å². The summed E-state index contributed by atoms with van der Waals surface area (Å²) in [7, 11) is 0. The number of nitrogen functional groups attached to an aromatic ring is 1. The predicted octanol–water partition coefficient (Wildman–Crippen LogP) is 0.282. The Balaban J connectivity index is 2.68. The number of H-pyrrole nitrogens is 1. The van der Waals surface area contributed by atoms with E-state index in [2.05, 4.69) is 10.2 Å². The summed E-state index contributed by atoms with van der Waals surface area (Å²) < 4.78 is 14.3. The van der Waals surface area contributed by atoms with Gasteiger partial charge in [-0.2, -0.15) is 5.10 Å². The van der Waals surface area contributed by atoms with Gasteiger partial charge in [0, 0.05) is 5.69 Å². The molecule has 2 rings (SSSR count). The zero-order chi connectivity index (χ0) is 10.1. The van der Waals surface area contributed by atoms with Crippen molar-refractivity contribution in [1.82, 2.24) is 14.8 Å². The van der Waals surface area contributed by atoms with Crippen LogP contribution in [0.4, 0.5) is 10.1 Å². The number of nitrogens with one attached hydrogen (secondary N) is 1. The highest BCUT2D eigenvalue weighted by Gasteiger charge is 2.07. The van der Waals surface area contributed by atoms with Gasteiger partial charge in [-0.15, -0.1) is 0 Å². The van der Waals surface area contributed by atoms with Crippen molar-refractivity contribution in [2.45, 2.75) is 0 Å². The minimum absolute atomic E-state index is 0.0868. The lowest BCUT2D eigenvalue weighted by Gasteiger charge is -2.02. The second-order valence-electron chi connectivity index (χ2n) is 2.74. The maximum atomic E-state index is 13.3. The van der Waals surface area contributed by atoms with Gasteiger partial charge in [-0.25, -0.2) is 18.9 Å². The van der Waals surface area contributed by atoms with Crippen LogP contribution in [0.2, 0.25) is 0 Å². The lowest BCUT2D eigenvalue weighted by atomic mass is 10.2. The Morgan fingerprint density at radius 1 is 1.50 bits per heavy atom. The lowest BCUT2D eigenvalue weighted by Crippen LogP contribution is -2.15. The Hall–Kier alpha value is -2.11. The number of nitrogens with two attached hydrogens (primary N) is 1. The van der Waals surface area contributed by atoms with Gasteiger partial charge < -0.3 is 5.73 Å². The number of nitrogens with zero attached hydrogens (tertiary/aromatic N) is 2. The molecule has 14 heavy (non-hydrogen) atoms. The highest BCUT2D eigenvalue weighted by molar-refractivity contribution is 5.48. The zero-order valence-electron chi connectivity index (χ0n) is 7.07. The Bertz CT molecular complexity index is 516. The summed E-state index contributed by atoms with van der Waals surface area (Å²) in [4.78, 5) is 11.1. The molecule has 2 aromatic rings. The first-order valence-electron chi connectivity index (χ1n) is 3.86. The smallest absolute Gasteiger partial charge is 0.347 e. The lowest BCUT2D eigenvalue weighted by molar-refractivity contribution is 0.616. The van der Waals surface area contributed by atoms with Crippen LogP contribution in [0.25, 0.3) is 5.69 Å². The number of halogens is 1. The molecule has 0 bridgehead atoms. The molecule has 6 heteroatoms. The van der Waals surface area contributed by atoms with E-state index in [9.17, 15) is 9.18 Å². The highest BCUT2D eigenvalue weighted by Crippen LogP contribution is 2.14. The minimum atomic E-state index is -0.525. The molecule has 0 aliphatic heterocycles. The fraction of sp³-hybridized carbons (Fsp3) is 0. The van der Waals surface area contributed by atoms with Gasteiger partial charge in [-0.1, -0.05) is 0 Å². The standard InChI is InChI=1S/C8H7FN4O/c9-6-2-1-5(10)3-7(6)13-4-11-12-8(13)14/h1-4H,10H2,(H,12,14). The molecule has 0 spiro atoms. The van der Waals surface area contributed by atoms with E-state index in [1.807, 2.05) is 0 Å². The first kappa shape index (κ1) is 8.49. The third-order valence-electron chi connectivity index (χ3n) is 1.78. The van der Waals surface area contributed by atoms with Gasteiger partial charge >= 0.3 is 5.69 Å². The Labute approximate surface area is 78.0 Å². The topological polar surface area (TPSA) is 76.7 Å². The van der Waals surface area contributed by atoms with E-state index in [0.717, 1.165) is 4.57 Å². The summed E-state index contributed by atoms with van der Waals surface area (Å²) in [5.41, 5.74) is 5.44. The molecule has 0 unspecified atom stereocenters.